The minimum absolute atomic E-state index is 0.0527. The Morgan fingerprint density at radius 1 is 1.37 bits per heavy atom. The molecule has 1 aromatic carbocycles. The van der Waals surface area contributed by atoms with Crippen LogP contribution < -0.4 is 11.5 Å². The van der Waals surface area contributed by atoms with Gasteiger partial charge in [-0.15, -0.1) is 0 Å². The van der Waals surface area contributed by atoms with Crippen molar-refractivity contribution in [3.8, 4) is 11.5 Å². The van der Waals surface area contributed by atoms with Crippen LogP contribution in [0, 0.1) is 0 Å². The van der Waals surface area contributed by atoms with Gasteiger partial charge in [-0.3, -0.25) is 9.59 Å². The van der Waals surface area contributed by atoms with Crippen molar-refractivity contribution in [2.45, 2.75) is 18.9 Å². The highest BCUT2D eigenvalue weighted by Gasteiger charge is 2.08. The van der Waals surface area contributed by atoms with E-state index in [-0.39, 0.29) is 17.1 Å². The van der Waals surface area contributed by atoms with Gasteiger partial charge in [0.05, 0.1) is 5.56 Å². The number of hydrogen-bond acceptors (Lipinski definition) is 6. The largest absolute Gasteiger partial charge is 0.508 e. The molecule has 0 heterocycles. The first-order valence-electron chi connectivity index (χ1n) is 5.58. The molecular weight excluding hydrogens is 252 g/mol. The van der Waals surface area contributed by atoms with Crippen LogP contribution >= 0.6 is 0 Å². The summed E-state index contributed by atoms with van der Waals surface area (Å²) in [4.78, 5) is 20.1. The molecule has 0 amide bonds. The number of carbonyl (C=O) groups is 2. The van der Waals surface area contributed by atoms with E-state index in [1.807, 2.05) is 0 Å². The predicted octanol–water partition coefficient (Wildman–Crippen LogP) is 0.0475. The Labute approximate surface area is 110 Å². The van der Waals surface area contributed by atoms with Crippen molar-refractivity contribution >= 4 is 12.3 Å². The van der Waals surface area contributed by atoms with Gasteiger partial charge in [0.25, 0.3) is 0 Å². The van der Waals surface area contributed by atoms with E-state index < -0.39 is 12.0 Å². The summed E-state index contributed by atoms with van der Waals surface area (Å²) in [5, 5.41) is 25.9. The third kappa shape index (κ3) is 7.02. The van der Waals surface area contributed by atoms with Crippen LogP contribution in [0.15, 0.2) is 18.2 Å². The number of aldehydes is 1. The van der Waals surface area contributed by atoms with Crippen LogP contribution in [0.1, 0.15) is 23.2 Å². The highest BCUT2D eigenvalue weighted by atomic mass is 16.4. The lowest BCUT2D eigenvalue weighted by atomic mass is 10.2. The minimum atomic E-state index is -0.955. The highest BCUT2D eigenvalue weighted by Crippen LogP contribution is 2.20. The fourth-order valence-electron chi connectivity index (χ4n) is 1.09. The fourth-order valence-corrected chi connectivity index (χ4v) is 1.09. The maximum absolute atomic E-state index is 10.1. The number of benzene rings is 1. The molecule has 7 N–H and O–H groups in total. The molecule has 7 heteroatoms. The van der Waals surface area contributed by atoms with Gasteiger partial charge in [-0.2, -0.15) is 0 Å². The van der Waals surface area contributed by atoms with Crippen LogP contribution in [0.3, 0.4) is 0 Å². The highest BCUT2D eigenvalue weighted by molar-refractivity contribution is 5.79. The fraction of sp³-hybridized carbons (Fsp3) is 0.333. The Hall–Kier alpha value is -2.12. The van der Waals surface area contributed by atoms with Gasteiger partial charge in [0, 0.05) is 6.07 Å². The molecule has 106 valence electrons. The van der Waals surface area contributed by atoms with Gasteiger partial charge in [0.2, 0.25) is 0 Å². The quantitative estimate of drug-likeness (QED) is 0.475. The maximum Gasteiger partial charge on any atom is 0.320 e. The van der Waals surface area contributed by atoms with E-state index >= 15 is 0 Å². The van der Waals surface area contributed by atoms with Crippen LogP contribution in [0.2, 0.25) is 0 Å². The number of phenols is 2. The van der Waals surface area contributed by atoms with Crippen molar-refractivity contribution in [1.29, 1.82) is 0 Å². The van der Waals surface area contributed by atoms with Gasteiger partial charge in [0.15, 0.2) is 6.29 Å². The zero-order valence-electron chi connectivity index (χ0n) is 10.3. The molecule has 0 saturated carbocycles. The summed E-state index contributed by atoms with van der Waals surface area (Å²) in [6.45, 7) is 0.501. The molecule has 19 heavy (non-hydrogen) atoms. The number of phenolic OH excluding ortho intramolecular Hbond substituents is 2. The van der Waals surface area contributed by atoms with E-state index in [9.17, 15) is 9.59 Å². The zero-order chi connectivity index (χ0) is 14.8. The van der Waals surface area contributed by atoms with Gasteiger partial charge in [-0.25, -0.2) is 0 Å². The van der Waals surface area contributed by atoms with Crippen LogP contribution in [-0.4, -0.2) is 40.2 Å². The lowest BCUT2D eigenvalue weighted by molar-refractivity contribution is -0.138. The second-order valence-corrected chi connectivity index (χ2v) is 3.74. The molecule has 1 unspecified atom stereocenters. The van der Waals surface area contributed by atoms with Gasteiger partial charge >= 0.3 is 5.97 Å². The number of aromatic hydroxyl groups is 2. The van der Waals surface area contributed by atoms with E-state index in [4.69, 9.17) is 26.8 Å². The molecule has 1 atom stereocenters. The van der Waals surface area contributed by atoms with Gasteiger partial charge in [-0.1, -0.05) is 0 Å². The SMILES string of the molecule is NCCCC(N)C(=O)O.O=Cc1ccc(O)cc1O. The van der Waals surface area contributed by atoms with E-state index in [1.54, 1.807) is 0 Å². The summed E-state index contributed by atoms with van der Waals surface area (Å²) in [5.41, 5.74) is 10.5. The summed E-state index contributed by atoms with van der Waals surface area (Å²) >= 11 is 0. The average molecular weight is 270 g/mol. The molecule has 0 aliphatic rings. The Kier molecular flexibility index (Phi) is 7.90. The molecule has 0 bridgehead atoms. The Morgan fingerprint density at radius 3 is 2.42 bits per heavy atom. The number of rotatable bonds is 5. The summed E-state index contributed by atoms with van der Waals surface area (Å²) < 4.78 is 0. The first-order chi connectivity index (χ1) is 8.92. The molecule has 1 aromatic rings. The normalized spacial score (nSPS) is 11.1. The van der Waals surface area contributed by atoms with Crippen molar-refractivity contribution in [3.05, 3.63) is 23.8 Å². The molecule has 0 radical (unpaired) electrons. The molecule has 0 fully saturated rings. The van der Waals surface area contributed by atoms with E-state index in [0.717, 1.165) is 6.07 Å². The number of carbonyl (C=O) groups excluding carboxylic acids is 1. The van der Waals surface area contributed by atoms with Crippen molar-refractivity contribution in [1.82, 2.24) is 0 Å². The summed E-state index contributed by atoms with van der Waals surface area (Å²) in [6, 6.07) is 3.05. The monoisotopic (exact) mass is 270 g/mol. The second kappa shape index (κ2) is 8.90. The van der Waals surface area contributed by atoms with E-state index in [2.05, 4.69) is 0 Å². The molecule has 0 saturated heterocycles. The number of aliphatic carboxylic acids is 1. The van der Waals surface area contributed by atoms with Crippen molar-refractivity contribution in [2.75, 3.05) is 6.54 Å². The summed E-state index contributed by atoms with van der Waals surface area (Å²) in [6.07, 6.45) is 1.66. The number of carboxylic acids is 1. The zero-order valence-corrected chi connectivity index (χ0v) is 10.3. The lowest BCUT2D eigenvalue weighted by Gasteiger charge is -2.02. The van der Waals surface area contributed by atoms with E-state index in [0.29, 0.717) is 25.7 Å². The van der Waals surface area contributed by atoms with E-state index in [1.165, 1.54) is 12.1 Å². The standard InChI is InChI=1S/C7H6O3.C5H12N2O2/c8-4-5-1-2-6(9)3-7(5)10;6-3-1-2-4(7)5(8)9/h1-4,9-10H;4H,1-3,6-7H2,(H,8,9). The van der Waals surface area contributed by atoms with Crippen LogP contribution in [0.4, 0.5) is 0 Å². The number of carboxylic acid groups (broad SMARTS) is 1. The summed E-state index contributed by atoms with van der Waals surface area (Å²) in [5.74, 6) is -1.21. The smallest absolute Gasteiger partial charge is 0.320 e. The molecular formula is C12H18N2O5. The number of nitrogens with two attached hydrogens (primary N) is 2. The topological polar surface area (TPSA) is 147 Å². The van der Waals surface area contributed by atoms with Gasteiger partial charge < -0.3 is 26.8 Å². The van der Waals surface area contributed by atoms with Crippen LogP contribution in [0.5, 0.6) is 11.5 Å². The van der Waals surface area contributed by atoms with Gasteiger partial charge in [-0.05, 0) is 31.5 Å². The second-order valence-electron chi connectivity index (χ2n) is 3.74. The molecule has 0 aliphatic heterocycles. The molecule has 0 spiro atoms. The Morgan fingerprint density at radius 2 is 2.00 bits per heavy atom. The predicted molar refractivity (Wildman–Crippen MR) is 69.1 cm³/mol. The lowest BCUT2D eigenvalue weighted by Crippen LogP contribution is -2.30. The minimum Gasteiger partial charge on any atom is -0.508 e. The third-order valence-electron chi connectivity index (χ3n) is 2.18. The third-order valence-corrected chi connectivity index (χ3v) is 2.18. The Balaban J connectivity index is 0.000000344. The Bertz CT molecular complexity index is 423. The molecule has 0 aromatic heterocycles. The van der Waals surface area contributed by atoms with Crippen LogP contribution in [-0.2, 0) is 4.79 Å². The van der Waals surface area contributed by atoms with Gasteiger partial charge in [0.1, 0.15) is 17.5 Å². The first kappa shape index (κ1) is 16.9. The first-order valence-corrected chi connectivity index (χ1v) is 5.58. The molecule has 1 rings (SSSR count). The molecule has 0 aliphatic carbocycles. The maximum atomic E-state index is 10.1. The van der Waals surface area contributed by atoms with Crippen molar-refractivity contribution in [2.24, 2.45) is 11.5 Å². The average Bonchev–Trinajstić information content (AvgIpc) is 2.36. The van der Waals surface area contributed by atoms with Crippen molar-refractivity contribution < 1.29 is 24.9 Å². The molecule has 7 nitrogen and oxygen atoms in total. The van der Waals surface area contributed by atoms with Crippen molar-refractivity contribution in [3.63, 3.8) is 0 Å². The van der Waals surface area contributed by atoms with Crippen LogP contribution in [0.25, 0.3) is 0 Å². The summed E-state index contributed by atoms with van der Waals surface area (Å²) in [7, 11) is 0. The number of hydrogen-bond donors (Lipinski definition) is 5.